The Morgan fingerprint density at radius 2 is 0.844 bits per heavy atom. The van der Waals surface area contributed by atoms with Gasteiger partial charge in [0, 0.05) is 24.3 Å². The highest BCUT2D eigenvalue weighted by atomic mass is 16.7. The summed E-state index contributed by atoms with van der Waals surface area (Å²) in [7, 11) is 0. The molecule has 0 aromatic heterocycles. The lowest BCUT2D eigenvalue weighted by molar-refractivity contribution is -0.295. The molecule has 5 heterocycles. The number of carbonyl (C=O) groups is 2. The standard InChI is InChI=1S/C57H64O33/c58-16-34-41(68)45(72)50(77)55(87-34)84-30-5-1-20(9-26(30)61)4-8-39(66)81-19-37-44(71)48(75)52(79)56(90-37)85-31-6-2-21(10-27(31)62)3-7-38(65)80-18-36-43(70)47(74)49(76)54(89-36)82-23-13-25(60)24-15-33(86-57-51(78)46(73)42(69)35(17-59)88-57)53(83-32(24)14-23)22-11-28(63)40(67)29(64)12-22/h1-15,34-37,41-64,67-79H,16-19H2/p+1. The number of hydrogen-bond donors (Lipinski definition) is 20. The number of rotatable bonds is 19. The van der Waals surface area contributed by atoms with E-state index in [-0.39, 0.29) is 51.0 Å². The molecule has 90 heavy (non-hydrogen) atoms. The second kappa shape index (κ2) is 28.1. The number of ether oxygens (including phenoxy) is 11. The number of esters is 2. The van der Waals surface area contributed by atoms with Crippen LogP contribution in [0, 0.1) is 0 Å². The first-order valence-electron chi connectivity index (χ1n) is 27.3. The summed E-state index contributed by atoms with van der Waals surface area (Å²) in [5, 5.41) is 209. The van der Waals surface area contributed by atoms with Gasteiger partial charge >= 0.3 is 11.9 Å². The van der Waals surface area contributed by atoms with E-state index in [1.165, 1.54) is 48.6 Å². The van der Waals surface area contributed by atoms with Crippen molar-refractivity contribution in [3.8, 4) is 57.5 Å². The lowest BCUT2D eigenvalue weighted by Gasteiger charge is -2.40. The van der Waals surface area contributed by atoms with Crippen LogP contribution in [0.15, 0.2) is 78.6 Å². The van der Waals surface area contributed by atoms with Crippen molar-refractivity contribution in [3.63, 3.8) is 0 Å². The number of phenols is 6. The van der Waals surface area contributed by atoms with Crippen LogP contribution in [-0.4, -0.2) is 268 Å². The van der Waals surface area contributed by atoms with Gasteiger partial charge in [-0.25, -0.2) is 9.59 Å². The van der Waals surface area contributed by atoms with E-state index in [0.29, 0.717) is 0 Å². The zero-order valence-electron chi connectivity index (χ0n) is 46.4. The minimum Gasteiger partial charge on any atom is -0.571 e. The molecule has 4 saturated heterocycles. The lowest BCUT2D eigenvalue weighted by atomic mass is 9.98. The van der Waals surface area contributed by atoms with Gasteiger partial charge in [0.2, 0.25) is 25.2 Å². The Morgan fingerprint density at radius 1 is 0.444 bits per heavy atom. The summed E-state index contributed by atoms with van der Waals surface area (Å²) in [6, 6.07) is 11.5. The summed E-state index contributed by atoms with van der Waals surface area (Å²) < 4.78 is 59.7. The molecule has 0 spiro atoms. The van der Waals surface area contributed by atoms with Gasteiger partial charge in [0.1, 0.15) is 128 Å². The summed E-state index contributed by atoms with van der Waals surface area (Å²) in [6.45, 7) is -2.98. The second-order valence-corrected chi connectivity index (χ2v) is 21.1. The number of aromatic hydroxyl groups is 7. The van der Waals surface area contributed by atoms with E-state index >= 15 is 0 Å². The quantitative estimate of drug-likeness (QED) is 0.0181. The van der Waals surface area contributed by atoms with Gasteiger partial charge in [0.25, 0.3) is 11.9 Å². The average Bonchev–Trinajstić information content (AvgIpc) is 0.839. The summed E-state index contributed by atoms with van der Waals surface area (Å²) in [5.74, 6) is -7.42. The molecule has 33 nitrogen and oxygen atoms in total. The fourth-order valence-electron chi connectivity index (χ4n) is 9.84. The highest BCUT2D eigenvalue weighted by Crippen LogP contribution is 2.48. The maximum Gasteiger partial charge on any atom is 0.330 e. The molecule has 0 amide bonds. The highest BCUT2D eigenvalue weighted by molar-refractivity contribution is 5.88. The van der Waals surface area contributed by atoms with Gasteiger partial charge < -0.3 is 154 Å². The van der Waals surface area contributed by atoms with Crippen LogP contribution in [0.5, 0.6) is 57.5 Å². The van der Waals surface area contributed by atoms with Gasteiger partial charge in [-0.3, -0.25) is 0 Å². The summed E-state index contributed by atoms with van der Waals surface area (Å²) in [6.07, 6.45) is -30.9. The van der Waals surface area contributed by atoms with E-state index in [1.807, 2.05) is 0 Å². The van der Waals surface area contributed by atoms with E-state index in [2.05, 4.69) is 4.74 Å². The number of aliphatic hydroxyl groups excluding tert-OH is 14. The van der Waals surface area contributed by atoms with Crippen molar-refractivity contribution in [1.29, 1.82) is 0 Å². The number of benzene rings is 4. The number of carbonyl (C=O) groups excluding carboxylic acids is 2. The number of aliphatic hydroxyl groups is 15. The Kier molecular flexibility index (Phi) is 20.8. The molecule has 33 heteroatoms. The van der Waals surface area contributed by atoms with Crippen molar-refractivity contribution in [2.45, 2.75) is 129 Å². The Labute approximate surface area is 506 Å². The van der Waals surface area contributed by atoms with Crippen molar-refractivity contribution in [1.82, 2.24) is 0 Å². The molecule has 490 valence electrons. The SMILES string of the molecule is O=C(C=Cc1ccc(OC2OC(COC(=O)C=Cc3ccc(OC4OC(CO)C(O)C(O)C4O)c(O)c3)C(O)C(O)C2O)c(O)c1)OCC1OC(Oc2cc(O)c3c(c2)[OH+]C(c2cc(O)c(O)c(O)c2)C(OC2OC(CO)C(O)C(O)C2O)=C3)C(O)C(O)C1O. The molecule has 21 atom stereocenters. The summed E-state index contributed by atoms with van der Waals surface area (Å²) in [5.41, 5.74) is 0.238. The second-order valence-electron chi connectivity index (χ2n) is 21.1. The van der Waals surface area contributed by atoms with Crippen molar-refractivity contribution in [2.75, 3.05) is 26.4 Å². The first-order valence-corrected chi connectivity index (χ1v) is 27.3. The average molecular weight is 1280 g/mol. The van der Waals surface area contributed by atoms with Crippen LogP contribution in [0.3, 0.4) is 0 Å². The van der Waals surface area contributed by atoms with Crippen LogP contribution in [-0.2, 0) is 42.7 Å². The van der Waals surface area contributed by atoms with Crippen LogP contribution >= 0.6 is 0 Å². The van der Waals surface area contributed by atoms with Gasteiger partial charge in [-0.1, -0.05) is 12.1 Å². The zero-order chi connectivity index (χ0) is 65.2. The third-order valence-electron chi connectivity index (χ3n) is 14.9. The molecule has 0 bridgehead atoms. The Hall–Kier alpha value is -7.88. The Morgan fingerprint density at radius 3 is 1.27 bits per heavy atom. The van der Waals surface area contributed by atoms with E-state index < -0.39 is 202 Å². The smallest absolute Gasteiger partial charge is 0.330 e. The molecule has 4 aromatic carbocycles. The fraction of sp³-hybridized carbons (Fsp3) is 0.439. The molecular formula is C57H65O33+. The first-order chi connectivity index (χ1) is 42.7. The molecule has 21 N–H and O–H groups in total. The van der Waals surface area contributed by atoms with Crippen molar-refractivity contribution < 1.29 is 164 Å². The first kappa shape index (κ1) is 66.5. The molecule has 0 aliphatic carbocycles. The normalized spacial score (nSPS) is 33.5. The van der Waals surface area contributed by atoms with E-state index in [1.54, 1.807) is 0 Å². The molecular weight excluding hydrogens is 1210 g/mol. The maximum atomic E-state index is 12.9. The molecule has 4 fully saturated rings. The summed E-state index contributed by atoms with van der Waals surface area (Å²) >= 11 is 0. The summed E-state index contributed by atoms with van der Waals surface area (Å²) in [4.78, 5) is 25.6. The molecule has 0 saturated carbocycles. The van der Waals surface area contributed by atoms with Crippen molar-refractivity contribution in [3.05, 3.63) is 101 Å². The topological polar surface area (TPSA) is 544 Å². The monoisotopic (exact) mass is 1280 g/mol. The van der Waals surface area contributed by atoms with Crippen LogP contribution in [0.2, 0.25) is 0 Å². The number of phenolic OH excluding ortho intramolecular Hbond substituents is 6. The highest BCUT2D eigenvalue weighted by Gasteiger charge is 2.50. The van der Waals surface area contributed by atoms with Gasteiger partial charge in [-0.2, -0.15) is 0 Å². The van der Waals surface area contributed by atoms with Gasteiger partial charge in [0.05, 0.1) is 24.8 Å². The lowest BCUT2D eigenvalue weighted by Crippen LogP contribution is -2.60. The van der Waals surface area contributed by atoms with Crippen LogP contribution in [0.25, 0.3) is 18.2 Å². The van der Waals surface area contributed by atoms with E-state index in [9.17, 15) is 112 Å². The largest absolute Gasteiger partial charge is 0.571 e. The Bertz CT molecular complexity index is 3260. The van der Waals surface area contributed by atoms with Gasteiger partial charge in [-0.15, -0.1) is 0 Å². The van der Waals surface area contributed by atoms with E-state index in [0.717, 1.165) is 42.5 Å². The molecule has 0 radical (unpaired) electrons. The third-order valence-corrected chi connectivity index (χ3v) is 14.9. The maximum absolute atomic E-state index is 12.9. The number of fused-ring (bicyclic) bond motifs is 1. The predicted octanol–water partition coefficient (Wildman–Crippen LogP) is -4.86. The third kappa shape index (κ3) is 14.5. The van der Waals surface area contributed by atoms with Crippen LogP contribution < -0.4 is 14.2 Å². The van der Waals surface area contributed by atoms with Crippen LogP contribution in [0.1, 0.15) is 28.4 Å². The fourth-order valence-corrected chi connectivity index (χ4v) is 9.84. The minimum atomic E-state index is -1.98. The van der Waals surface area contributed by atoms with E-state index in [4.69, 9.17) is 47.4 Å². The molecule has 21 unspecified atom stereocenters. The van der Waals surface area contributed by atoms with Crippen LogP contribution in [0.4, 0.5) is 0 Å². The molecule has 9 rings (SSSR count). The molecule has 5 aliphatic rings. The zero-order valence-corrected chi connectivity index (χ0v) is 46.4. The van der Waals surface area contributed by atoms with Gasteiger partial charge in [-0.05, 0) is 59.7 Å². The number of hydrogen-bond acceptors (Lipinski definition) is 32. The molecule has 4 aromatic rings. The minimum absolute atomic E-state index is 0.0596. The molecule has 5 aliphatic heterocycles. The van der Waals surface area contributed by atoms with Crippen molar-refractivity contribution >= 4 is 30.2 Å². The van der Waals surface area contributed by atoms with Crippen molar-refractivity contribution in [2.24, 2.45) is 0 Å². The predicted molar refractivity (Wildman–Crippen MR) is 292 cm³/mol. The van der Waals surface area contributed by atoms with Gasteiger partial charge in [0.15, 0.2) is 46.0 Å². The Balaban J connectivity index is 0.780.